The van der Waals surface area contributed by atoms with Crippen LogP contribution in [0.2, 0.25) is 0 Å². The normalized spacial score (nSPS) is 32.4. The van der Waals surface area contributed by atoms with E-state index in [9.17, 15) is 5.11 Å². The van der Waals surface area contributed by atoms with E-state index in [1.165, 1.54) is 7.11 Å². The van der Waals surface area contributed by atoms with Crippen LogP contribution in [0.4, 0.5) is 0 Å². The lowest BCUT2D eigenvalue weighted by atomic mass is 9.97. The van der Waals surface area contributed by atoms with Crippen molar-refractivity contribution >= 4 is 17.3 Å². The SMILES string of the molecule is CO[C@H]1O[C@@H]2COC(c3ccccc3)O[C@H]2[C@H](O)[C@H]1OC(=S)c1ccccc1. The van der Waals surface area contributed by atoms with Crippen molar-refractivity contribution in [3.63, 3.8) is 0 Å². The number of benzene rings is 2. The van der Waals surface area contributed by atoms with Crippen LogP contribution in [-0.2, 0) is 23.7 Å². The van der Waals surface area contributed by atoms with Crippen molar-refractivity contribution in [3.05, 3.63) is 71.8 Å². The average molecular weight is 402 g/mol. The molecule has 2 fully saturated rings. The Morgan fingerprint density at radius 2 is 1.71 bits per heavy atom. The molecule has 2 aromatic carbocycles. The lowest BCUT2D eigenvalue weighted by molar-refractivity contribution is -0.356. The molecule has 4 rings (SSSR count). The second-order valence-corrected chi connectivity index (χ2v) is 7.05. The predicted molar refractivity (Wildman–Crippen MR) is 105 cm³/mol. The summed E-state index contributed by atoms with van der Waals surface area (Å²) in [6.45, 7) is 0.275. The van der Waals surface area contributed by atoms with Crippen LogP contribution < -0.4 is 0 Å². The zero-order valence-electron chi connectivity index (χ0n) is 15.3. The molecule has 0 spiro atoms. The van der Waals surface area contributed by atoms with Gasteiger partial charge in [0, 0.05) is 18.2 Å². The number of methoxy groups -OCH3 is 1. The van der Waals surface area contributed by atoms with Crippen molar-refractivity contribution in [2.45, 2.75) is 37.0 Å². The fraction of sp³-hybridized carbons (Fsp3) is 0.381. The molecule has 2 aromatic rings. The molecule has 0 saturated carbocycles. The highest BCUT2D eigenvalue weighted by Crippen LogP contribution is 2.35. The predicted octanol–water partition coefficient (Wildman–Crippen LogP) is 2.59. The van der Waals surface area contributed by atoms with Crippen molar-refractivity contribution in [1.29, 1.82) is 0 Å². The van der Waals surface area contributed by atoms with E-state index in [4.69, 9.17) is 35.9 Å². The Labute approximate surface area is 168 Å². The van der Waals surface area contributed by atoms with Gasteiger partial charge >= 0.3 is 0 Å². The minimum Gasteiger partial charge on any atom is -0.471 e. The first-order valence-corrected chi connectivity index (χ1v) is 9.52. The topological polar surface area (TPSA) is 66.4 Å². The molecule has 0 bridgehead atoms. The third kappa shape index (κ3) is 3.96. The molecule has 6 nitrogen and oxygen atoms in total. The minimum absolute atomic E-state index is 0.264. The molecule has 2 aliphatic heterocycles. The molecular formula is C21H22O6S. The van der Waals surface area contributed by atoms with Gasteiger partial charge in [-0.1, -0.05) is 60.7 Å². The van der Waals surface area contributed by atoms with Crippen LogP contribution in [0.15, 0.2) is 60.7 Å². The van der Waals surface area contributed by atoms with Crippen LogP contribution in [-0.4, -0.2) is 54.6 Å². The molecule has 1 N–H and O–H groups in total. The standard InChI is InChI=1S/C21H22O6S/c1-23-20-18(27-21(28)14-10-6-3-7-11-14)16(22)17-15(25-20)12-24-19(26-17)13-8-4-2-5-9-13/h2-11,15-20,22H,12H2,1H3/t15-,16+,17-,18-,19?,20+/m1/s1. The summed E-state index contributed by atoms with van der Waals surface area (Å²) in [5.74, 6) is 0. The van der Waals surface area contributed by atoms with Gasteiger partial charge in [-0.05, 0) is 12.2 Å². The van der Waals surface area contributed by atoms with Crippen LogP contribution in [0.3, 0.4) is 0 Å². The van der Waals surface area contributed by atoms with Crippen molar-refractivity contribution in [3.8, 4) is 0 Å². The number of thiocarbonyl (C=S) groups is 1. The Kier molecular flexibility index (Phi) is 6.01. The van der Waals surface area contributed by atoms with Crippen LogP contribution in [0.1, 0.15) is 17.4 Å². The molecule has 2 aliphatic rings. The zero-order valence-corrected chi connectivity index (χ0v) is 16.2. The van der Waals surface area contributed by atoms with Crippen molar-refractivity contribution in [1.82, 2.24) is 0 Å². The monoisotopic (exact) mass is 402 g/mol. The van der Waals surface area contributed by atoms with Crippen LogP contribution in [0, 0.1) is 0 Å². The summed E-state index contributed by atoms with van der Waals surface area (Å²) in [5, 5.41) is 11.3. The number of ether oxygens (including phenoxy) is 5. The van der Waals surface area contributed by atoms with E-state index in [-0.39, 0.29) is 11.7 Å². The first-order chi connectivity index (χ1) is 13.7. The van der Waals surface area contributed by atoms with Gasteiger partial charge < -0.3 is 28.8 Å². The molecule has 2 saturated heterocycles. The highest BCUT2D eigenvalue weighted by atomic mass is 32.1. The summed E-state index contributed by atoms with van der Waals surface area (Å²) in [5.41, 5.74) is 1.62. The van der Waals surface area contributed by atoms with Gasteiger partial charge in [0.2, 0.25) is 0 Å². The third-order valence-electron chi connectivity index (χ3n) is 4.87. The minimum atomic E-state index is -1.000. The van der Waals surface area contributed by atoms with Gasteiger partial charge in [-0.2, -0.15) is 0 Å². The van der Waals surface area contributed by atoms with Crippen molar-refractivity contribution in [2.75, 3.05) is 13.7 Å². The van der Waals surface area contributed by atoms with E-state index in [0.29, 0.717) is 0 Å². The van der Waals surface area contributed by atoms with Crippen LogP contribution >= 0.6 is 12.2 Å². The van der Waals surface area contributed by atoms with E-state index in [2.05, 4.69) is 0 Å². The number of aliphatic hydroxyl groups excluding tert-OH is 1. The quantitative estimate of drug-likeness (QED) is 0.789. The maximum atomic E-state index is 11.0. The first-order valence-electron chi connectivity index (χ1n) is 9.11. The highest BCUT2D eigenvalue weighted by Gasteiger charge is 2.51. The molecule has 0 aliphatic carbocycles. The lowest BCUT2D eigenvalue weighted by Crippen LogP contribution is -2.63. The van der Waals surface area contributed by atoms with E-state index in [0.717, 1.165) is 11.1 Å². The Balaban J connectivity index is 1.50. The fourth-order valence-corrected chi connectivity index (χ4v) is 3.67. The van der Waals surface area contributed by atoms with Crippen molar-refractivity contribution < 1.29 is 28.8 Å². The summed E-state index contributed by atoms with van der Waals surface area (Å²) in [6, 6.07) is 18.9. The average Bonchev–Trinajstić information content (AvgIpc) is 2.76. The lowest BCUT2D eigenvalue weighted by Gasteiger charge is -2.47. The summed E-state index contributed by atoms with van der Waals surface area (Å²) < 4.78 is 29.0. The summed E-state index contributed by atoms with van der Waals surface area (Å²) >= 11 is 5.39. The molecule has 1 unspecified atom stereocenters. The van der Waals surface area contributed by atoms with Gasteiger partial charge in [-0.3, -0.25) is 0 Å². The maximum absolute atomic E-state index is 11.0. The number of hydrogen-bond donors (Lipinski definition) is 1. The van der Waals surface area contributed by atoms with Gasteiger partial charge in [0.1, 0.15) is 18.3 Å². The zero-order chi connectivity index (χ0) is 19.5. The van der Waals surface area contributed by atoms with E-state index >= 15 is 0 Å². The Morgan fingerprint density at radius 3 is 2.39 bits per heavy atom. The smallest absolute Gasteiger partial charge is 0.197 e. The molecule has 2 heterocycles. The fourth-order valence-electron chi connectivity index (χ4n) is 3.43. The molecule has 0 aromatic heterocycles. The van der Waals surface area contributed by atoms with Crippen LogP contribution in [0.25, 0.3) is 0 Å². The molecular weight excluding hydrogens is 380 g/mol. The van der Waals surface area contributed by atoms with Gasteiger partial charge in [0.05, 0.1) is 6.61 Å². The second kappa shape index (κ2) is 8.65. The molecule has 7 heteroatoms. The number of rotatable bonds is 4. The Hall–Kier alpha value is -1.87. The molecule has 6 atom stereocenters. The van der Waals surface area contributed by atoms with Crippen LogP contribution in [0.5, 0.6) is 0 Å². The third-order valence-corrected chi connectivity index (χ3v) is 5.20. The highest BCUT2D eigenvalue weighted by molar-refractivity contribution is 7.80. The van der Waals surface area contributed by atoms with E-state index in [1.807, 2.05) is 60.7 Å². The second-order valence-electron chi connectivity index (χ2n) is 6.68. The molecule has 28 heavy (non-hydrogen) atoms. The summed E-state index contributed by atoms with van der Waals surface area (Å²) in [7, 11) is 1.50. The van der Waals surface area contributed by atoms with Gasteiger partial charge in [-0.15, -0.1) is 0 Å². The molecule has 0 radical (unpaired) electrons. The van der Waals surface area contributed by atoms with Crippen molar-refractivity contribution in [2.24, 2.45) is 0 Å². The summed E-state index contributed by atoms with van der Waals surface area (Å²) in [6.07, 6.45) is -4.30. The summed E-state index contributed by atoms with van der Waals surface area (Å²) in [4.78, 5) is 0. The number of fused-ring (bicyclic) bond motifs is 1. The number of aliphatic hydroxyl groups is 1. The van der Waals surface area contributed by atoms with E-state index < -0.39 is 37.0 Å². The van der Waals surface area contributed by atoms with E-state index in [1.54, 1.807) is 0 Å². The molecule has 0 amide bonds. The Bertz CT molecular complexity index is 786. The van der Waals surface area contributed by atoms with Gasteiger partial charge in [-0.25, -0.2) is 0 Å². The Morgan fingerprint density at radius 1 is 1.04 bits per heavy atom. The first kappa shape index (κ1) is 19.4. The largest absolute Gasteiger partial charge is 0.471 e. The molecule has 148 valence electrons. The maximum Gasteiger partial charge on any atom is 0.197 e. The van der Waals surface area contributed by atoms with Gasteiger partial charge in [0.15, 0.2) is 23.7 Å². The number of hydrogen-bond acceptors (Lipinski definition) is 7. The van der Waals surface area contributed by atoms with Gasteiger partial charge in [0.25, 0.3) is 0 Å².